The molecule has 2 unspecified atom stereocenters. The number of benzene rings is 8. The minimum Gasteiger partial charge on any atom is -0.481 e. The summed E-state index contributed by atoms with van der Waals surface area (Å²) in [6, 6.07) is 50.5. The number of nitrogens with two attached hydrogens (primary N) is 2. The van der Waals surface area contributed by atoms with Gasteiger partial charge in [0.05, 0.1) is 70.6 Å². The van der Waals surface area contributed by atoms with Crippen LogP contribution >= 0.6 is 15.9 Å². The molecule has 4 aliphatic rings. The fourth-order valence-corrected chi connectivity index (χ4v) is 17.7. The number of carbonyl (C=O) groups excluding carboxylic acids is 1. The SMILES string of the molecule is CC1(C)OB(c2ccc(S(=O)(=O)C3CC3)cc2)OC1(C)C.COCC(C(=O)Cc1ccc(-c2ccc(S(=O)(=O)C3CC3)cc2)c(C)c1)c1ccc(S(C)(=O)=O)cc1.COCC(C(=O)O)c1ccc(S(C)(=O)=O)cc1.Cc1cc(N)ccc1-c1ccc(S(=O)(=O)C2CC2)cc1.Cc1cc(N)ccc1Br. The first-order valence-electron chi connectivity index (χ1n) is 33.4. The van der Waals surface area contributed by atoms with Gasteiger partial charge in [0.1, 0.15) is 11.7 Å². The third-order valence-corrected chi connectivity index (χ3v) is 28.5. The van der Waals surface area contributed by atoms with Crippen molar-refractivity contribution in [2.45, 2.75) is 157 Å². The Morgan fingerprint density at radius 3 is 1.17 bits per heavy atom. The molecule has 2 atom stereocenters. The maximum atomic E-state index is 13.2. The zero-order valence-corrected chi connectivity index (χ0v) is 65.3. The summed E-state index contributed by atoms with van der Waals surface area (Å²) < 4.78 is 143. The number of ether oxygens (including phenoxy) is 2. The quantitative estimate of drug-likeness (QED) is 0.0444. The van der Waals surface area contributed by atoms with Crippen molar-refractivity contribution in [3.8, 4) is 22.3 Å². The van der Waals surface area contributed by atoms with Crippen molar-refractivity contribution in [1.82, 2.24) is 0 Å². The average Bonchev–Trinajstić information content (AvgIpc) is 1.59. The van der Waals surface area contributed by atoms with Crippen molar-refractivity contribution < 1.29 is 75.6 Å². The Morgan fingerprint density at radius 2 is 0.825 bits per heavy atom. The van der Waals surface area contributed by atoms with Crippen molar-refractivity contribution in [2.24, 2.45) is 0 Å². The van der Waals surface area contributed by atoms with Gasteiger partial charge in [-0.1, -0.05) is 101 Å². The number of rotatable bonds is 21. The molecule has 19 nitrogen and oxygen atoms in total. The number of ketones is 1. The summed E-state index contributed by atoms with van der Waals surface area (Å²) in [6.07, 6.45) is 7.08. The summed E-state index contributed by atoms with van der Waals surface area (Å²) in [5.41, 5.74) is 22.2. The number of Topliss-reactive ketones (excluding diaryl/α,β-unsaturated/α-hetero) is 1. The van der Waals surface area contributed by atoms with Gasteiger partial charge in [-0.25, -0.2) is 42.1 Å². The van der Waals surface area contributed by atoms with Gasteiger partial charge in [0.25, 0.3) is 0 Å². The third kappa shape index (κ3) is 21.2. The number of carbonyl (C=O) groups is 2. The van der Waals surface area contributed by atoms with E-state index >= 15 is 0 Å². The van der Waals surface area contributed by atoms with Crippen LogP contribution in [0.3, 0.4) is 0 Å². The summed E-state index contributed by atoms with van der Waals surface area (Å²) in [5, 5.41) is 8.41. The largest absolute Gasteiger partial charge is 0.494 e. The number of nitrogen functional groups attached to an aromatic ring is 2. The van der Waals surface area contributed by atoms with E-state index in [1.165, 1.54) is 56.2 Å². The smallest absolute Gasteiger partial charge is 0.481 e. The van der Waals surface area contributed by atoms with E-state index in [0.717, 1.165) is 111 Å². The van der Waals surface area contributed by atoms with Gasteiger partial charge in [-0.3, -0.25) is 9.59 Å². The number of aliphatic carboxylic acids is 1. The Labute approximate surface area is 616 Å². The molecule has 8 aromatic carbocycles. The molecule has 0 amide bonds. The summed E-state index contributed by atoms with van der Waals surface area (Å²) in [5.74, 6) is -2.32. The van der Waals surface area contributed by atoms with Crippen molar-refractivity contribution >= 4 is 101 Å². The Bertz CT molecular complexity index is 4920. The molecule has 103 heavy (non-hydrogen) atoms. The monoisotopic (exact) mass is 1560 g/mol. The summed E-state index contributed by atoms with van der Waals surface area (Å²) in [7, 11) is -13.5. The van der Waals surface area contributed by atoms with Crippen LogP contribution in [0, 0.1) is 20.8 Å². The molecule has 12 rings (SSSR count). The van der Waals surface area contributed by atoms with Crippen molar-refractivity contribution in [3.05, 3.63) is 214 Å². The molecule has 0 spiro atoms. The predicted molar refractivity (Wildman–Crippen MR) is 408 cm³/mol. The van der Waals surface area contributed by atoms with Gasteiger partial charge < -0.3 is 35.4 Å². The second-order valence-corrected chi connectivity index (χ2v) is 38.9. The predicted octanol–water partition coefficient (Wildman–Crippen LogP) is 12.9. The molecule has 1 saturated heterocycles. The summed E-state index contributed by atoms with van der Waals surface area (Å²) in [6.45, 7) is 14.2. The molecule has 26 heteroatoms. The second kappa shape index (κ2) is 33.4. The lowest BCUT2D eigenvalue weighted by atomic mass is 9.79. The summed E-state index contributed by atoms with van der Waals surface area (Å²) in [4.78, 5) is 25.7. The van der Waals surface area contributed by atoms with E-state index in [4.69, 9.17) is 35.4 Å². The van der Waals surface area contributed by atoms with Crippen LogP contribution in [-0.2, 0) is 84.0 Å². The summed E-state index contributed by atoms with van der Waals surface area (Å²) >= 11 is 3.37. The van der Waals surface area contributed by atoms with Gasteiger partial charge in [0.2, 0.25) is 0 Å². The van der Waals surface area contributed by atoms with E-state index in [1.807, 2.05) is 127 Å². The van der Waals surface area contributed by atoms with Crippen LogP contribution in [-0.4, -0.2) is 133 Å². The minimum atomic E-state index is -3.32. The number of halogens is 1. The number of aryl methyl sites for hydroxylation is 3. The topological polar surface area (TPSA) is 314 Å². The first-order chi connectivity index (χ1) is 48.2. The average molecular weight is 1570 g/mol. The highest BCUT2D eigenvalue weighted by molar-refractivity contribution is 9.10. The molecule has 1 aliphatic heterocycles. The fraction of sp³-hybridized carbons (Fsp3) is 0.351. The van der Waals surface area contributed by atoms with Gasteiger partial charge in [-0.2, -0.15) is 0 Å². The molecular formula is C77H90BBrN2O17S5. The van der Waals surface area contributed by atoms with Crippen molar-refractivity contribution in [3.63, 3.8) is 0 Å². The second-order valence-electron chi connectivity index (χ2n) is 27.4. The number of hydrogen-bond acceptors (Lipinski definition) is 18. The number of methoxy groups -OCH3 is 2. The molecule has 0 bridgehead atoms. The lowest BCUT2D eigenvalue weighted by molar-refractivity contribution is -0.140. The molecule has 4 fully saturated rings. The van der Waals surface area contributed by atoms with E-state index in [0.29, 0.717) is 25.8 Å². The van der Waals surface area contributed by atoms with Crippen LogP contribution in [0.4, 0.5) is 11.4 Å². The number of sulfone groups is 5. The van der Waals surface area contributed by atoms with E-state index < -0.39 is 85.3 Å². The highest BCUT2D eigenvalue weighted by Crippen LogP contribution is 2.39. The first-order valence-corrected chi connectivity index (χ1v) is 42.6. The number of carboxylic acids is 1. The lowest BCUT2D eigenvalue weighted by Gasteiger charge is -2.32. The fourth-order valence-electron chi connectivity index (χ4n) is 11.2. The molecule has 1 heterocycles. The standard InChI is InChI=1S/C28H30O6S2.C16H17NO2S.C15H21BO4S.C11H14O5S.C7H8BrN/c1-19-16-20(4-15-26(19)21-7-11-24(12-8-21)36(32,33)25-13-14-25)17-28(29)27(18-34-2)22-5-9-23(10-6-22)35(3,30)31;1-11-10-13(17)4-9-16(11)12-2-5-14(6-3-12)20(18,19)15-7-8-15;1-14(2)15(3,4)20-16(19-14)11-5-7-12(8-6-11)21(17,18)13-9-10-13;1-16-7-10(11(12)13)8-3-5-9(6-4-8)17(2,14)15;1-5-4-6(9)2-3-7(5)8/h4-12,15-16,25,27H,13-14,17-18H2,1-3H3;2-6,9-10,15H,7-8,17H2,1H3;5-8,13H,9-10H2,1-4H3;3-6,10H,7H2,1-2H3,(H,12,13);2-4H,9H2,1H3. The highest BCUT2D eigenvalue weighted by atomic mass is 79.9. The zero-order valence-electron chi connectivity index (χ0n) is 59.6. The lowest BCUT2D eigenvalue weighted by Crippen LogP contribution is -2.41. The van der Waals surface area contributed by atoms with Crippen LogP contribution in [0.2, 0.25) is 0 Å². The van der Waals surface area contributed by atoms with Gasteiger partial charge in [-0.15, -0.1) is 0 Å². The maximum Gasteiger partial charge on any atom is 0.494 e. The molecule has 0 aromatic heterocycles. The van der Waals surface area contributed by atoms with Crippen LogP contribution < -0.4 is 16.9 Å². The Balaban J connectivity index is 0.000000174. The van der Waals surface area contributed by atoms with E-state index in [2.05, 4.69) is 15.9 Å². The number of anilines is 2. The highest BCUT2D eigenvalue weighted by Gasteiger charge is 2.52. The molecule has 3 saturated carbocycles. The maximum absolute atomic E-state index is 13.2. The molecule has 550 valence electrons. The number of carboxylic acid groups (broad SMARTS) is 1. The molecule has 0 radical (unpaired) electrons. The van der Waals surface area contributed by atoms with Gasteiger partial charge in [0.15, 0.2) is 49.2 Å². The van der Waals surface area contributed by atoms with E-state index in [-0.39, 0.29) is 51.0 Å². The van der Waals surface area contributed by atoms with Crippen LogP contribution in [0.1, 0.15) is 111 Å². The molecule has 3 aliphatic carbocycles. The van der Waals surface area contributed by atoms with Gasteiger partial charge in [0, 0.05) is 49.0 Å². The van der Waals surface area contributed by atoms with Gasteiger partial charge in [-0.05, 0) is 239 Å². The normalized spacial score (nSPS) is 16.2. The van der Waals surface area contributed by atoms with Crippen LogP contribution in [0.15, 0.2) is 205 Å². The number of hydrogen-bond donors (Lipinski definition) is 3. The third-order valence-electron chi connectivity index (χ3n) is 18.5. The first kappa shape index (κ1) is 81.3. The zero-order chi connectivity index (χ0) is 75.8. The Morgan fingerprint density at radius 1 is 0.485 bits per heavy atom. The van der Waals surface area contributed by atoms with Crippen LogP contribution in [0.25, 0.3) is 22.3 Å². The van der Waals surface area contributed by atoms with E-state index in [1.54, 1.807) is 60.7 Å². The van der Waals surface area contributed by atoms with Gasteiger partial charge >= 0.3 is 13.1 Å². The Hall–Kier alpha value is -7.37. The molecular weight excluding hydrogens is 1480 g/mol. The Kier molecular flexibility index (Phi) is 26.4. The molecule has 5 N–H and O–H groups in total. The van der Waals surface area contributed by atoms with Crippen LogP contribution in [0.5, 0.6) is 0 Å². The van der Waals surface area contributed by atoms with Crippen molar-refractivity contribution in [1.29, 1.82) is 0 Å². The minimum absolute atomic E-state index is 0.0225. The van der Waals surface area contributed by atoms with Crippen molar-refractivity contribution in [2.75, 3.05) is 51.4 Å². The van der Waals surface area contributed by atoms with E-state index in [9.17, 15) is 51.7 Å². The molecule has 8 aromatic rings.